The molecule has 0 radical (unpaired) electrons. The zero-order chi connectivity index (χ0) is 27.1. The molecule has 0 unspecified atom stereocenters. The summed E-state index contributed by atoms with van der Waals surface area (Å²) in [5.41, 5.74) is 3.79. The molecular formula is C29H36FN3O5. The minimum absolute atomic E-state index is 0.0467. The molecule has 2 aromatic rings. The van der Waals surface area contributed by atoms with Gasteiger partial charge < -0.3 is 29.3 Å². The average Bonchev–Trinajstić information content (AvgIpc) is 3.34. The van der Waals surface area contributed by atoms with Gasteiger partial charge in [0.1, 0.15) is 11.4 Å². The monoisotopic (exact) mass is 525 g/mol. The van der Waals surface area contributed by atoms with Crippen molar-refractivity contribution in [2.24, 2.45) is 0 Å². The van der Waals surface area contributed by atoms with Gasteiger partial charge in [-0.1, -0.05) is 24.3 Å². The van der Waals surface area contributed by atoms with Gasteiger partial charge in [0.2, 0.25) is 0 Å². The van der Waals surface area contributed by atoms with E-state index in [9.17, 15) is 14.0 Å². The lowest BCUT2D eigenvalue weighted by atomic mass is 9.98. The summed E-state index contributed by atoms with van der Waals surface area (Å²) in [6, 6.07) is 12.1. The Balaban J connectivity index is 1.25. The number of hydrogen-bond acceptors (Lipinski definition) is 5. The summed E-state index contributed by atoms with van der Waals surface area (Å²) in [7, 11) is 1.62. The summed E-state index contributed by atoms with van der Waals surface area (Å²) in [6.07, 6.45) is 2.80. The number of methoxy groups -OCH3 is 1. The summed E-state index contributed by atoms with van der Waals surface area (Å²) in [4.78, 5) is 29.2. The number of nitrogens with one attached hydrogen (secondary N) is 1. The van der Waals surface area contributed by atoms with Crippen LogP contribution in [-0.2, 0) is 32.1 Å². The number of urea groups is 1. The molecule has 0 saturated carbocycles. The van der Waals surface area contributed by atoms with E-state index in [1.807, 2.05) is 29.2 Å². The third kappa shape index (κ3) is 6.98. The Morgan fingerprint density at radius 1 is 0.974 bits per heavy atom. The first-order valence-electron chi connectivity index (χ1n) is 12.9. The molecule has 4 rings (SSSR count). The number of ether oxygens (including phenoxy) is 3. The smallest absolute Gasteiger partial charge is 0.322 e. The number of amides is 3. The van der Waals surface area contributed by atoms with E-state index in [0.717, 1.165) is 28.7 Å². The standard InChI is InChI=1S/C29H36FN3O5/c1-29(2,38-17-16-37-15-14-36-3)27(34)32-12-10-22(11-13-32)21-5-8-26(9-6-21)31-28(35)33-19-23-4-7-25(30)18-24(23)20-33/h4-10,18H,11-17,19-20H2,1-3H3,(H,31,35). The number of carbonyl (C=O) groups is 2. The SMILES string of the molecule is COCCOCCOC(C)(C)C(=O)N1CC=C(c2ccc(NC(=O)N3Cc4ccc(F)cc4C3)cc2)CC1. The van der Waals surface area contributed by atoms with Crippen LogP contribution in [0.3, 0.4) is 0 Å². The Kier molecular flexibility index (Phi) is 9.14. The molecule has 0 saturated heterocycles. The van der Waals surface area contributed by atoms with Crippen LogP contribution in [-0.4, -0.2) is 74.0 Å². The Hall–Kier alpha value is -3.27. The number of nitrogens with zero attached hydrogens (tertiary/aromatic N) is 2. The lowest BCUT2D eigenvalue weighted by Gasteiger charge is -2.34. The van der Waals surface area contributed by atoms with Crippen LogP contribution in [0, 0.1) is 5.82 Å². The van der Waals surface area contributed by atoms with Gasteiger partial charge in [-0.3, -0.25) is 4.79 Å². The van der Waals surface area contributed by atoms with E-state index in [2.05, 4.69) is 11.4 Å². The van der Waals surface area contributed by atoms with Gasteiger partial charge >= 0.3 is 6.03 Å². The molecule has 8 nitrogen and oxygen atoms in total. The highest BCUT2D eigenvalue weighted by Gasteiger charge is 2.33. The zero-order valence-electron chi connectivity index (χ0n) is 22.3. The summed E-state index contributed by atoms with van der Waals surface area (Å²) in [5, 5.41) is 2.92. The van der Waals surface area contributed by atoms with Crippen molar-refractivity contribution in [3.05, 3.63) is 71.0 Å². The number of carbonyl (C=O) groups excluding carboxylic acids is 2. The Labute approximate surface area is 223 Å². The minimum atomic E-state index is -0.930. The van der Waals surface area contributed by atoms with Gasteiger partial charge in [-0.25, -0.2) is 9.18 Å². The number of benzene rings is 2. The van der Waals surface area contributed by atoms with Crippen molar-refractivity contribution >= 4 is 23.2 Å². The Morgan fingerprint density at radius 3 is 2.42 bits per heavy atom. The maximum Gasteiger partial charge on any atom is 0.322 e. The molecule has 0 fully saturated rings. The topological polar surface area (TPSA) is 80.3 Å². The first-order valence-corrected chi connectivity index (χ1v) is 12.9. The van der Waals surface area contributed by atoms with Crippen LogP contribution < -0.4 is 5.32 Å². The van der Waals surface area contributed by atoms with E-state index in [1.54, 1.807) is 31.9 Å². The molecule has 204 valence electrons. The molecule has 2 aromatic carbocycles. The molecule has 38 heavy (non-hydrogen) atoms. The molecule has 0 aliphatic carbocycles. The van der Waals surface area contributed by atoms with E-state index in [1.165, 1.54) is 12.1 Å². The molecular weight excluding hydrogens is 489 g/mol. The van der Waals surface area contributed by atoms with Crippen LogP contribution >= 0.6 is 0 Å². The Morgan fingerprint density at radius 2 is 1.71 bits per heavy atom. The highest BCUT2D eigenvalue weighted by molar-refractivity contribution is 5.90. The molecule has 3 amide bonds. The molecule has 0 aromatic heterocycles. The van der Waals surface area contributed by atoms with Crippen molar-refractivity contribution in [1.82, 2.24) is 9.80 Å². The number of fused-ring (bicyclic) bond motifs is 1. The second-order valence-corrected chi connectivity index (χ2v) is 9.97. The van der Waals surface area contributed by atoms with Crippen molar-refractivity contribution in [3.63, 3.8) is 0 Å². The van der Waals surface area contributed by atoms with Gasteiger partial charge in [0.05, 0.1) is 26.4 Å². The third-order valence-corrected chi connectivity index (χ3v) is 6.82. The maximum absolute atomic E-state index is 13.5. The Bertz CT molecular complexity index is 1170. The van der Waals surface area contributed by atoms with Gasteiger partial charge in [0, 0.05) is 39.0 Å². The molecule has 2 aliphatic rings. The van der Waals surface area contributed by atoms with Crippen LogP contribution in [0.25, 0.3) is 5.57 Å². The first-order chi connectivity index (χ1) is 18.3. The lowest BCUT2D eigenvalue weighted by Crippen LogP contribution is -2.48. The van der Waals surface area contributed by atoms with E-state index in [-0.39, 0.29) is 17.8 Å². The fourth-order valence-electron chi connectivity index (χ4n) is 4.64. The fraction of sp³-hybridized carbons (Fsp3) is 0.448. The molecule has 0 atom stereocenters. The number of halogens is 1. The third-order valence-electron chi connectivity index (χ3n) is 6.82. The van der Waals surface area contributed by atoms with Gasteiger partial charge in [-0.15, -0.1) is 0 Å². The average molecular weight is 526 g/mol. The molecule has 1 N–H and O–H groups in total. The van der Waals surface area contributed by atoms with Crippen LogP contribution in [0.1, 0.15) is 37.0 Å². The van der Waals surface area contributed by atoms with E-state index in [4.69, 9.17) is 14.2 Å². The second-order valence-electron chi connectivity index (χ2n) is 9.97. The number of anilines is 1. The maximum atomic E-state index is 13.5. The highest BCUT2D eigenvalue weighted by Crippen LogP contribution is 2.27. The van der Waals surface area contributed by atoms with Gasteiger partial charge in [-0.05, 0) is 66.8 Å². The normalized spacial score (nSPS) is 15.3. The fourth-order valence-corrected chi connectivity index (χ4v) is 4.64. The quantitative estimate of drug-likeness (QED) is 0.464. The molecule has 0 spiro atoms. The summed E-state index contributed by atoms with van der Waals surface area (Å²) < 4.78 is 29.6. The predicted octanol–water partition coefficient (Wildman–Crippen LogP) is 4.45. The predicted molar refractivity (Wildman–Crippen MR) is 143 cm³/mol. The minimum Gasteiger partial charge on any atom is -0.382 e. The summed E-state index contributed by atoms with van der Waals surface area (Å²) in [6.45, 7) is 7.32. The van der Waals surface area contributed by atoms with Crippen molar-refractivity contribution < 1.29 is 28.2 Å². The van der Waals surface area contributed by atoms with Crippen molar-refractivity contribution in [1.29, 1.82) is 0 Å². The molecule has 9 heteroatoms. The number of hydrogen-bond donors (Lipinski definition) is 1. The largest absolute Gasteiger partial charge is 0.382 e. The molecule has 2 aliphatic heterocycles. The van der Waals surface area contributed by atoms with Gasteiger partial charge in [-0.2, -0.15) is 0 Å². The summed E-state index contributed by atoms with van der Waals surface area (Å²) >= 11 is 0. The van der Waals surface area contributed by atoms with Crippen LogP contribution in [0.15, 0.2) is 48.5 Å². The first kappa shape index (κ1) is 27.8. The van der Waals surface area contributed by atoms with Gasteiger partial charge in [0.15, 0.2) is 0 Å². The number of rotatable bonds is 10. The van der Waals surface area contributed by atoms with Crippen LogP contribution in [0.2, 0.25) is 0 Å². The highest BCUT2D eigenvalue weighted by atomic mass is 19.1. The van der Waals surface area contributed by atoms with Crippen molar-refractivity contribution in [3.8, 4) is 0 Å². The molecule has 0 bridgehead atoms. The van der Waals surface area contributed by atoms with E-state index >= 15 is 0 Å². The second kappa shape index (κ2) is 12.5. The molecule has 2 heterocycles. The van der Waals surface area contributed by atoms with E-state index in [0.29, 0.717) is 58.3 Å². The van der Waals surface area contributed by atoms with Crippen molar-refractivity contribution in [2.45, 2.75) is 39.0 Å². The van der Waals surface area contributed by atoms with Crippen molar-refractivity contribution in [2.75, 3.05) is 51.9 Å². The lowest BCUT2D eigenvalue weighted by molar-refractivity contribution is -0.155. The van der Waals surface area contributed by atoms with Gasteiger partial charge in [0.25, 0.3) is 5.91 Å². The summed E-state index contributed by atoms with van der Waals surface area (Å²) in [5.74, 6) is -0.336. The van der Waals surface area contributed by atoms with Crippen LogP contribution in [0.5, 0.6) is 0 Å². The van der Waals surface area contributed by atoms with Crippen LogP contribution in [0.4, 0.5) is 14.9 Å². The zero-order valence-corrected chi connectivity index (χ0v) is 22.3. The van der Waals surface area contributed by atoms with E-state index < -0.39 is 5.60 Å².